The van der Waals surface area contributed by atoms with E-state index >= 15 is 0 Å². The highest BCUT2D eigenvalue weighted by Gasteiger charge is 2.36. The summed E-state index contributed by atoms with van der Waals surface area (Å²) in [4.78, 5) is 12.5. The Kier molecular flexibility index (Phi) is 5.18. The van der Waals surface area contributed by atoms with Crippen molar-refractivity contribution in [3.8, 4) is 0 Å². The van der Waals surface area contributed by atoms with E-state index in [-0.39, 0.29) is 17.5 Å². The monoisotopic (exact) mass is 411 g/mol. The molecule has 0 unspecified atom stereocenters. The fourth-order valence-electron chi connectivity index (χ4n) is 3.46. The Morgan fingerprint density at radius 1 is 1.04 bits per heavy atom. The van der Waals surface area contributed by atoms with Crippen LogP contribution in [0.1, 0.15) is 46.7 Å². The highest BCUT2D eigenvalue weighted by atomic mass is 79.9. The second-order valence-corrected chi connectivity index (χ2v) is 7.04. The third-order valence-electron chi connectivity index (χ3n) is 4.61. The van der Waals surface area contributed by atoms with E-state index < -0.39 is 17.6 Å². The van der Waals surface area contributed by atoms with Crippen molar-refractivity contribution in [1.29, 1.82) is 0 Å². The molecule has 1 aliphatic rings. The van der Waals surface area contributed by atoms with Gasteiger partial charge >= 0.3 is 6.18 Å². The Hall–Kier alpha value is -1.82. The van der Waals surface area contributed by atoms with Gasteiger partial charge in [-0.1, -0.05) is 52.7 Å². The molecule has 0 radical (unpaired) electrons. The van der Waals surface area contributed by atoms with E-state index in [1.54, 1.807) is 0 Å². The summed E-state index contributed by atoms with van der Waals surface area (Å²) >= 11 is 3.52. The predicted octanol–water partition coefficient (Wildman–Crippen LogP) is 5.53. The number of benzene rings is 2. The van der Waals surface area contributed by atoms with Crippen LogP contribution in [0.4, 0.5) is 13.2 Å². The van der Waals surface area contributed by atoms with Crippen molar-refractivity contribution in [2.45, 2.75) is 37.4 Å². The van der Waals surface area contributed by atoms with Crippen LogP contribution in [0, 0.1) is 0 Å². The number of halogens is 4. The maximum Gasteiger partial charge on any atom is 0.417 e. The van der Waals surface area contributed by atoms with Gasteiger partial charge in [0, 0.05) is 16.4 Å². The van der Waals surface area contributed by atoms with Crippen LogP contribution in [0.3, 0.4) is 0 Å². The summed E-state index contributed by atoms with van der Waals surface area (Å²) in [6, 6.07) is 12.5. The second-order valence-electron chi connectivity index (χ2n) is 6.18. The Balaban J connectivity index is 1.83. The van der Waals surface area contributed by atoms with E-state index in [0.717, 1.165) is 35.4 Å². The van der Waals surface area contributed by atoms with Gasteiger partial charge in [-0.3, -0.25) is 4.79 Å². The van der Waals surface area contributed by atoms with Crippen LogP contribution in [0.5, 0.6) is 0 Å². The topological polar surface area (TPSA) is 29.1 Å². The van der Waals surface area contributed by atoms with Gasteiger partial charge < -0.3 is 5.32 Å². The number of hydrogen-bond donors (Lipinski definition) is 1. The van der Waals surface area contributed by atoms with Gasteiger partial charge in [-0.2, -0.15) is 13.2 Å². The largest absolute Gasteiger partial charge is 0.417 e. The van der Waals surface area contributed by atoms with Gasteiger partial charge in [-0.25, -0.2) is 0 Å². The van der Waals surface area contributed by atoms with Crippen molar-refractivity contribution in [2.24, 2.45) is 0 Å². The maximum absolute atomic E-state index is 13.1. The summed E-state index contributed by atoms with van der Waals surface area (Å²) in [5.41, 5.74) is -0.148. The number of rotatable bonds is 3. The lowest BCUT2D eigenvalue weighted by atomic mass is 9.93. The average Bonchev–Trinajstić information content (AvgIpc) is 3.02. The molecule has 2 aromatic rings. The molecule has 2 nitrogen and oxygen atoms in total. The zero-order valence-electron chi connectivity index (χ0n) is 13.3. The lowest BCUT2D eigenvalue weighted by Crippen LogP contribution is -2.37. The molecule has 3 rings (SSSR count). The molecular formula is C19H17BrF3NO. The van der Waals surface area contributed by atoms with Crippen molar-refractivity contribution in [1.82, 2.24) is 5.32 Å². The second kappa shape index (κ2) is 7.20. The fourth-order valence-corrected chi connectivity index (χ4v) is 4.03. The van der Waals surface area contributed by atoms with Crippen LogP contribution in [0.15, 0.2) is 53.0 Å². The SMILES string of the molecule is O=C(N[C@@H]1CCC[C@H]1c1ccccc1Br)c1ccccc1C(F)(F)F. The van der Waals surface area contributed by atoms with E-state index in [1.165, 1.54) is 18.2 Å². The Morgan fingerprint density at radius 2 is 1.72 bits per heavy atom. The minimum Gasteiger partial charge on any atom is -0.349 e. The molecule has 1 saturated carbocycles. The average molecular weight is 412 g/mol. The highest BCUT2D eigenvalue weighted by molar-refractivity contribution is 9.10. The van der Waals surface area contributed by atoms with Crippen molar-refractivity contribution >= 4 is 21.8 Å². The van der Waals surface area contributed by atoms with Gasteiger partial charge in [0.25, 0.3) is 5.91 Å². The molecule has 0 bridgehead atoms. The number of amides is 1. The van der Waals surface area contributed by atoms with E-state index in [0.29, 0.717) is 0 Å². The standard InChI is InChI=1S/C19H17BrF3NO/c20-16-10-4-2-6-12(16)13-8-5-11-17(13)24-18(25)14-7-1-3-9-15(14)19(21,22)23/h1-4,6-7,9-10,13,17H,5,8,11H2,(H,24,25)/t13-,17+/m0/s1. The van der Waals surface area contributed by atoms with Gasteiger partial charge in [0.15, 0.2) is 0 Å². The van der Waals surface area contributed by atoms with Gasteiger partial charge in [0.2, 0.25) is 0 Å². The van der Waals surface area contributed by atoms with Crippen LogP contribution in [-0.2, 0) is 6.18 Å². The summed E-state index contributed by atoms with van der Waals surface area (Å²) in [5.74, 6) is -0.575. The van der Waals surface area contributed by atoms with E-state index in [9.17, 15) is 18.0 Å². The third-order valence-corrected chi connectivity index (χ3v) is 5.34. The molecule has 1 aliphatic carbocycles. The third kappa shape index (κ3) is 3.89. The minimum atomic E-state index is -4.55. The predicted molar refractivity (Wildman–Crippen MR) is 93.4 cm³/mol. The van der Waals surface area contributed by atoms with Crippen molar-refractivity contribution in [2.75, 3.05) is 0 Å². The zero-order chi connectivity index (χ0) is 18.0. The lowest BCUT2D eigenvalue weighted by molar-refractivity contribution is -0.137. The smallest absolute Gasteiger partial charge is 0.349 e. The first kappa shape index (κ1) is 18.0. The number of hydrogen-bond acceptors (Lipinski definition) is 1. The van der Waals surface area contributed by atoms with Gasteiger partial charge in [0.05, 0.1) is 11.1 Å². The fraction of sp³-hybridized carbons (Fsp3) is 0.316. The van der Waals surface area contributed by atoms with Crippen molar-refractivity contribution < 1.29 is 18.0 Å². The van der Waals surface area contributed by atoms with Crippen LogP contribution < -0.4 is 5.32 Å². The minimum absolute atomic E-state index is 0.0950. The lowest BCUT2D eigenvalue weighted by Gasteiger charge is -2.23. The summed E-state index contributed by atoms with van der Waals surface area (Å²) < 4.78 is 40.3. The first-order valence-electron chi connectivity index (χ1n) is 8.09. The van der Waals surface area contributed by atoms with E-state index in [4.69, 9.17) is 0 Å². The Morgan fingerprint density at radius 3 is 2.44 bits per heavy atom. The maximum atomic E-state index is 13.1. The van der Waals surface area contributed by atoms with Crippen LogP contribution in [0.2, 0.25) is 0 Å². The first-order chi connectivity index (χ1) is 11.9. The van der Waals surface area contributed by atoms with Crippen LogP contribution >= 0.6 is 15.9 Å². The molecule has 1 N–H and O–H groups in total. The number of carbonyl (C=O) groups excluding carboxylic acids is 1. The highest BCUT2D eigenvalue weighted by Crippen LogP contribution is 2.38. The quantitative estimate of drug-likeness (QED) is 0.706. The molecule has 0 aromatic heterocycles. The number of nitrogens with one attached hydrogen (secondary N) is 1. The van der Waals surface area contributed by atoms with Gasteiger partial charge in [-0.15, -0.1) is 0 Å². The molecule has 1 fully saturated rings. The number of carbonyl (C=O) groups is 1. The normalized spacial score (nSPS) is 20.5. The molecular weight excluding hydrogens is 395 g/mol. The van der Waals surface area contributed by atoms with Crippen molar-refractivity contribution in [3.63, 3.8) is 0 Å². The Bertz CT molecular complexity index is 775. The molecule has 25 heavy (non-hydrogen) atoms. The molecule has 2 aromatic carbocycles. The molecule has 0 heterocycles. The molecule has 6 heteroatoms. The first-order valence-corrected chi connectivity index (χ1v) is 8.88. The summed E-state index contributed by atoms with van der Waals surface area (Å²) in [6.45, 7) is 0. The van der Waals surface area contributed by atoms with Gasteiger partial charge in [-0.05, 0) is 36.6 Å². The molecule has 1 amide bonds. The molecule has 132 valence electrons. The number of alkyl halides is 3. The van der Waals surface area contributed by atoms with E-state index in [2.05, 4.69) is 21.2 Å². The van der Waals surface area contributed by atoms with E-state index in [1.807, 2.05) is 24.3 Å². The zero-order valence-corrected chi connectivity index (χ0v) is 14.9. The van der Waals surface area contributed by atoms with Crippen molar-refractivity contribution in [3.05, 3.63) is 69.7 Å². The van der Waals surface area contributed by atoms with Gasteiger partial charge in [0.1, 0.15) is 0 Å². The molecule has 0 saturated heterocycles. The summed E-state index contributed by atoms with van der Waals surface area (Å²) in [6.07, 6.45) is -1.97. The molecule has 2 atom stereocenters. The Labute approximate surface area is 152 Å². The molecule has 0 spiro atoms. The molecule has 0 aliphatic heterocycles. The summed E-state index contributed by atoms with van der Waals surface area (Å²) in [5, 5.41) is 2.82. The van der Waals surface area contributed by atoms with Crippen LogP contribution in [0.25, 0.3) is 0 Å². The summed E-state index contributed by atoms with van der Waals surface area (Å²) in [7, 11) is 0. The van der Waals surface area contributed by atoms with Crippen LogP contribution in [-0.4, -0.2) is 11.9 Å².